The number of fused-ring (bicyclic) bond motifs is 3. The maximum Gasteiger partial charge on any atom is 0.339 e. The van der Waals surface area contributed by atoms with Crippen molar-refractivity contribution in [3.63, 3.8) is 0 Å². The average molecular weight is 358 g/mol. The Labute approximate surface area is 156 Å². The van der Waals surface area contributed by atoms with Crippen molar-refractivity contribution in [1.29, 1.82) is 0 Å². The number of nitrogens with zero attached hydrogens (tertiary/aromatic N) is 2. The van der Waals surface area contributed by atoms with Crippen LogP contribution in [0.2, 0.25) is 0 Å². The summed E-state index contributed by atoms with van der Waals surface area (Å²) in [6.45, 7) is 4.02. The molecule has 0 bridgehead atoms. The van der Waals surface area contributed by atoms with Crippen LogP contribution in [0.15, 0.2) is 60.8 Å². The van der Waals surface area contributed by atoms with Crippen LogP contribution in [0.1, 0.15) is 38.9 Å². The van der Waals surface area contributed by atoms with Gasteiger partial charge in [-0.3, -0.25) is 4.79 Å². The first-order valence-electron chi connectivity index (χ1n) is 8.78. The molecule has 0 aliphatic rings. The fourth-order valence-corrected chi connectivity index (χ4v) is 3.12. The Morgan fingerprint density at radius 1 is 1.00 bits per heavy atom. The molecule has 0 unspecified atom stereocenters. The topological polar surface area (TPSA) is 60.7 Å². The second-order valence-electron chi connectivity index (χ2n) is 6.35. The van der Waals surface area contributed by atoms with Gasteiger partial charge in [0.25, 0.3) is 0 Å². The summed E-state index contributed by atoms with van der Waals surface area (Å²) in [5, 5.41) is 0. The number of ketones is 1. The van der Waals surface area contributed by atoms with Gasteiger partial charge in [0.05, 0.1) is 28.7 Å². The molecular weight excluding hydrogens is 340 g/mol. The zero-order valence-corrected chi connectivity index (χ0v) is 15.1. The van der Waals surface area contributed by atoms with Gasteiger partial charge in [0.2, 0.25) is 5.78 Å². The summed E-state index contributed by atoms with van der Waals surface area (Å²) in [4.78, 5) is 29.9. The molecule has 4 aromatic rings. The minimum absolute atomic E-state index is 0.181. The van der Waals surface area contributed by atoms with E-state index in [0.717, 1.165) is 11.1 Å². The number of carbonyl (C=O) groups is 2. The maximum atomic E-state index is 13.1. The fraction of sp³-hybridized carbons (Fsp3) is 0.136. The van der Waals surface area contributed by atoms with Crippen molar-refractivity contribution in [3.05, 3.63) is 83.2 Å². The smallest absolute Gasteiger partial charge is 0.339 e. The van der Waals surface area contributed by atoms with Gasteiger partial charge in [0.15, 0.2) is 0 Å². The van der Waals surface area contributed by atoms with Crippen molar-refractivity contribution < 1.29 is 14.3 Å². The van der Waals surface area contributed by atoms with Crippen molar-refractivity contribution >= 4 is 28.3 Å². The van der Waals surface area contributed by atoms with Gasteiger partial charge in [-0.05, 0) is 32.0 Å². The van der Waals surface area contributed by atoms with E-state index >= 15 is 0 Å². The van der Waals surface area contributed by atoms with Crippen LogP contribution in [-0.4, -0.2) is 27.7 Å². The SMILES string of the molecule is CCOC(=O)c1cc2c(C(=O)c3ccc(C)cc3)nc3ccccc3n2c1. The van der Waals surface area contributed by atoms with Crippen LogP contribution in [0.25, 0.3) is 16.6 Å². The van der Waals surface area contributed by atoms with E-state index in [4.69, 9.17) is 4.74 Å². The molecule has 0 radical (unpaired) electrons. The van der Waals surface area contributed by atoms with E-state index in [1.165, 1.54) is 0 Å². The van der Waals surface area contributed by atoms with Gasteiger partial charge in [-0.25, -0.2) is 9.78 Å². The monoisotopic (exact) mass is 358 g/mol. The molecule has 27 heavy (non-hydrogen) atoms. The van der Waals surface area contributed by atoms with Crippen molar-refractivity contribution in [3.8, 4) is 0 Å². The van der Waals surface area contributed by atoms with Crippen molar-refractivity contribution in [2.24, 2.45) is 0 Å². The lowest BCUT2D eigenvalue weighted by Crippen LogP contribution is -2.07. The maximum absolute atomic E-state index is 13.1. The molecule has 0 amide bonds. The van der Waals surface area contributed by atoms with Crippen molar-refractivity contribution in [2.75, 3.05) is 6.61 Å². The molecule has 5 nitrogen and oxygen atoms in total. The number of rotatable bonds is 4. The molecule has 4 rings (SSSR count). The van der Waals surface area contributed by atoms with E-state index in [-0.39, 0.29) is 5.78 Å². The Hall–Kier alpha value is -3.47. The van der Waals surface area contributed by atoms with Crippen molar-refractivity contribution in [2.45, 2.75) is 13.8 Å². The predicted octanol–water partition coefficient (Wildman–Crippen LogP) is 4.20. The summed E-state index contributed by atoms with van der Waals surface area (Å²) in [5.41, 5.74) is 4.44. The van der Waals surface area contributed by atoms with Gasteiger partial charge in [0, 0.05) is 11.8 Å². The highest BCUT2D eigenvalue weighted by Gasteiger charge is 2.20. The molecule has 0 aliphatic carbocycles. The zero-order chi connectivity index (χ0) is 19.0. The first-order valence-corrected chi connectivity index (χ1v) is 8.78. The van der Waals surface area contributed by atoms with Gasteiger partial charge in [-0.15, -0.1) is 0 Å². The summed E-state index contributed by atoms with van der Waals surface area (Å²) < 4.78 is 6.94. The van der Waals surface area contributed by atoms with Crippen LogP contribution < -0.4 is 0 Å². The lowest BCUT2D eigenvalue weighted by Gasteiger charge is -2.08. The van der Waals surface area contributed by atoms with Gasteiger partial charge < -0.3 is 9.14 Å². The van der Waals surface area contributed by atoms with Crippen LogP contribution in [0.4, 0.5) is 0 Å². The van der Waals surface area contributed by atoms with E-state index in [9.17, 15) is 9.59 Å². The molecular formula is C22H18N2O3. The molecule has 0 saturated heterocycles. The molecule has 0 aliphatic heterocycles. The summed E-state index contributed by atoms with van der Waals surface area (Å²) in [6.07, 6.45) is 1.70. The predicted molar refractivity (Wildman–Crippen MR) is 103 cm³/mol. The van der Waals surface area contributed by atoms with Crippen LogP contribution >= 0.6 is 0 Å². The van der Waals surface area contributed by atoms with Gasteiger partial charge in [-0.2, -0.15) is 0 Å². The number of esters is 1. The molecule has 0 atom stereocenters. The van der Waals surface area contributed by atoms with E-state index in [2.05, 4.69) is 4.98 Å². The lowest BCUT2D eigenvalue weighted by atomic mass is 10.1. The second-order valence-corrected chi connectivity index (χ2v) is 6.35. The van der Waals surface area contributed by atoms with Crippen LogP contribution in [0, 0.1) is 6.92 Å². The Morgan fingerprint density at radius 3 is 2.48 bits per heavy atom. The van der Waals surface area contributed by atoms with E-state index in [0.29, 0.717) is 34.5 Å². The normalized spacial score (nSPS) is 11.0. The Kier molecular flexibility index (Phi) is 4.20. The zero-order valence-electron chi connectivity index (χ0n) is 15.1. The first kappa shape index (κ1) is 17.0. The van der Waals surface area contributed by atoms with Crippen LogP contribution in [0.5, 0.6) is 0 Å². The summed E-state index contributed by atoms with van der Waals surface area (Å²) in [7, 11) is 0. The molecule has 134 valence electrons. The van der Waals surface area contributed by atoms with Gasteiger partial charge in [0.1, 0.15) is 5.69 Å². The molecule has 0 spiro atoms. The van der Waals surface area contributed by atoms with Crippen LogP contribution in [0.3, 0.4) is 0 Å². The van der Waals surface area contributed by atoms with Crippen LogP contribution in [-0.2, 0) is 4.74 Å². The lowest BCUT2D eigenvalue weighted by molar-refractivity contribution is 0.0526. The average Bonchev–Trinajstić information content (AvgIpc) is 3.13. The molecule has 2 heterocycles. The van der Waals surface area contributed by atoms with Gasteiger partial charge in [-0.1, -0.05) is 42.0 Å². The quantitative estimate of drug-likeness (QED) is 0.405. The third-order valence-electron chi connectivity index (χ3n) is 4.48. The van der Waals surface area contributed by atoms with E-state index < -0.39 is 5.97 Å². The summed E-state index contributed by atoms with van der Waals surface area (Å²) in [6, 6.07) is 16.6. The minimum Gasteiger partial charge on any atom is -0.462 e. The van der Waals surface area contributed by atoms with Crippen molar-refractivity contribution in [1.82, 2.24) is 9.38 Å². The largest absolute Gasteiger partial charge is 0.462 e. The standard InChI is InChI=1S/C22H18N2O3/c1-3-27-22(26)16-12-19-20(21(25)15-10-8-14(2)9-11-15)23-17-6-4-5-7-18(17)24(19)13-16/h4-13H,3H2,1-2H3. The molecule has 2 aromatic carbocycles. The number of para-hydroxylation sites is 2. The third kappa shape index (κ3) is 2.97. The third-order valence-corrected chi connectivity index (χ3v) is 4.48. The highest BCUT2D eigenvalue weighted by Crippen LogP contribution is 2.23. The first-order chi connectivity index (χ1) is 13.1. The van der Waals surface area contributed by atoms with E-state index in [1.54, 1.807) is 31.3 Å². The number of aromatic nitrogens is 2. The number of hydrogen-bond donors (Lipinski definition) is 0. The fourth-order valence-electron chi connectivity index (χ4n) is 3.12. The molecule has 0 fully saturated rings. The molecule has 0 N–H and O–H groups in total. The molecule has 0 saturated carbocycles. The highest BCUT2D eigenvalue weighted by atomic mass is 16.5. The Bertz CT molecular complexity index is 1170. The minimum atomic E-state index is -0.418. The Balaban J connectivity index is 1.96. The number of aryl methyl sites for hydroxylation is 1. The molecule has 2 aromatic heterocycles. The second kappa shape index (κ2) is 6.68. The number of carbonyl (C=O) groups excluding carboxylic acids is 2. The summed E-state index contributed by atoms with van der Waals surface area (Å²) in [5.74, 6) is -0.599. The summed E-state index contributed by atoms with van der Waals surface area (Å²) >= 11 is 0. The number of hydrogen-bond acceptors (Lipinski definition) is 4. The Morgan fingerprint density at radius 2 is 1.74 bits per heavy atom. The number of benzene rings is 2. The van der Waals surface area contributed by atoms with E-state index in [1.807, 2.05) is 47.7 Å². The van der Waals surface area contributed by atoms with Gasteiger partial charge >= 0.3 is 5.97 Å². The highest BCUT2D eigenvalue weighted by molar-refractivity contribution is 6.13. The number of ether oxygens (including phenoxy) is 1. The molecule has 5 heteroatoms.